The lowest BCUT2D eigenvalue weighted by molar-refractivity contribution is -0.140. The summed E-state index contributed by atoms with van der Waals surface area (Å²) in [6.45, 7) is 0.0331. The Hall–Kier alpha value is -3.75. The second-order valence-corrected chi connectivity index (χ2v) is 8.60. The fraction of sp³-hybridized carbons (Fsp3) is 0.192. The number of ether oxygens (including phenoxy) is 3. The first-order valence-electron chi connectivity index (χ1n) is 10.7. The molecule has 2 aromatic carbocycles. The summed E-state index contributed by atoms with van der Waals surface area (Å²) in [5, 5.41) is 11.6. The monoisotopic (exact) mass is 528 g/mol. The van der Waals surface area contributed by atoms with Gasteiger partial charge in [-0.3, -0.25) is 14.6 Å². The van der Waals surface area contributed by atoms with Crippen molar-refractivity contribution in [3.63, 3.8) is 0 Å². The van der Waals surface area contributed by atoms with Gasteiger partial charge >= 0.3 is 0 Å². The molecule has 3 aromatic rings. The maximum Gasteiger partial charge on any atom is 0.296 e. The van der Waals surface area contributed by atoms with Crippen molar-refractivity contribution in [2.45, 2.75) is 12.6 Å². The number of amides is 1. The van der Waals surface area contributed by atoms with Gasteiger partial charge in [-0.25, -0.2) is 0 Å². The first kappa shape index (κ1) is 25.3. The van der Waals surface area contributed by atoms with Crippen molar-refractivity contribution >= 4 is 40.7 Å². The number of pyridine rings is 1. The molecular formula is C26H22Cl2N2O6. The van der Waals surface area contributed by atoms with Crippen LogP contribution in [0.3, 0.4) is 0 Å². The topological polar surface area (TPSA) is 98.2 Å². The molecule has 4 rings (SSSR count). The fourth-order valence-electron chi connectivity index (χ4n) is 4.16. The van der Waals surface area contributed by atoms with Crippen LogP contribution in [-0.2, 0) is 16.1 Å². The summed E-state index contributed by atoms with van der Waals surface area (Å²) in [4.78, 5) is 32.2. The molecule has 1 aliphatic rings. The van der Waals surface area contributed by atoms with Gasteiger partial charge in [-0.05, 0) is 35.9 Å². The quantitative estimate of drug-likeness (QED) is 0.260. The number of hydrogen-bond acceptors (Lipinski definition) is 7. The van der Waals surface area contributed by atoms with E-state index in [-0.39, 0.29) is 39.2 Å². The van der Waals surface area contributed by atoms with E-state index in [9.17, 15) is 14.7 Å². The molecule has 36 heavy (non-hydrogen) atoms. The summed E-state index contributed by atoms with van der Waals surface area (Å²) < 4.78 is 16.0. The molecule has 8 nitrogen and oxygen atoms in total. The number of rotatable bonds is 7. The molecular weight excluding hydrogens is 507 g/mol. The van der Waals surface area contributed by atoms with Crippen LogP contribution in [0.5, 0.6) is 17.2 Å². The van der Waals surface area contributed by atoms with E-state index < -0.39 is 23.5 Å². The van der Waals surface area contributed by atoms with E-state index in [1.807, 2.05) is 0 Å². The number of nitrogens with zero attached hydrogens (tertiary/aromatic N) is 2. The average Bonchev–Trinajstić information content (AvgIpc) is 3.13. The van der Waals surface area contributed by atoms with Crippen LogP contribution in [0.25, 0.3) is 5.76 Å². The number of ketones is 1. The number of halogens is 2. The molecule has 10 heteroatoms. The molecule has 1 unspecified atom stereocenters. The molecule has 1 aromatic heterocycles. The molecule has 0 bridgehead atoms. The Morgan fingerprint density at radius 2 is 1.75 bits per heavy atom. The number of carbonyl (C=O) groups excluding carboxylic acids is 2. The van der Waals surface area contributed by atoms with Crippen molar-refractivity contribution in [3.8, 4) is 17.2 Å². The van der Waals surface area contributed by atoms with Gasteiger partial charge in [0.1, 0.15) is 16.5 Å². The van der Waals surface area contributed by atoms with E-state index in [4.69, 9.17) is 37.4 Å². The number of Topliss-reactive ketones (excluding diaryl/α,β-unsaturated/α-hetero) is 1. The summed E-state index contributed by atoms with van der Waals surface area (Å²) in [7, 11) is 4.25. The summed E-state index contributed by atoms with van der Waals surface area (Å²) in [6, 6.07) is 12.6. The lowest BCUT2D eigenvalue weighted by atomic mass is 9.94. The minimum Gasteiger partial charge on any atom is -0.507 e. The van der Waals surface area contributed by atoms with E-state index in [1.165, 1.54) is 32.3 Å². The van der Waals surface area contributed by atoms with Gasteiger partial charge in [0.2, 0.25) is 0 Å². The lowest BCUT2D eigenvalue weighted by Crippen LogP contribution is -2.29. The van der Waals surface area contributed by atoms with Crippen LogP contribution in [0.4, 0.5) is 0 Å². The summed E-state index contributed by atoms with van der Waals surface area (Å²) in [5.41, 5.74) is 1.01. The number of methoxy groups -OCH3 is 3. The summed E-state index contributed by atoms with van der Waals surface area (Å²) in [5.74, 6) is -1.46. The molecule has 0 aliphatic carbocycles. The Balaban J connectivity index is 1.96. The molecule has 1 N–H and O–H groups in total. The Morgan fingerprint density at radius 1 is 1.00 bits per heavy atom. The first-order valence-corrected chi connectivity index (χ1v) is 11.5. The predicted molar refractivity (Wildman–Crippen MR) is 135 cm³/mol. The van der Waals surface area contributed by atoms with Crippen molar-refractivity contribution in [1.82, 2.24) is 9.88 Å². The zero-order valence-electron chi connectivity index (χ0n) is 19.6. The number of aliphatic hydroxyl groups excluding tert-OH is 1. The SMILES string of the molecule is COc1cccc(C2/C(=C(\O)c3cc(Cl)c(OC)c(Cl)c3OC)C(=O)C(=O)N2Cc2ccccn2)c1. The lowest BCUT2D eigenvalue weighted by Gasteiger charge is -2.25. The molecule has 2 heterocycles. The van der Waals surface area contributed by atoms with E-state index in [2.05, 4.69) is 4.98 Å². The predicted octanol–water partition coefficient (Wildman–Crippen LogP) is 5.04. The molecule has 0 radical (unpaired) electrons. The van der Waals surface area contributed by atoms with Crippen molar-refractivity contribution in [1.29, 1.82) is 0 Å². The largest absolute Gasteiger partial charge is 0.507 e. The Labute approximate surface area is 217 Å². The normalized spacial score (nSPS) is 16.8. The summed E-state index contributed by atoms with van der Waals surface area (Å²) in [6.07, 6.45) is 1.60. The third-order valence-electron chi connectivity index (χ3n) is 5.80. The van der Waals surface area contributed by atoms with Crippen molar-refractivity contribution in [2.75, 3.05) is 21.3 Å². The molecule has 1 aliphatic heterocycles. The zero-order valence-corrected chi connectivity index (χ0v) is 21.1. The van der Waals surface area contributed by atoms with E-state index in [1.54, 1.807) is 48.7 Å². The van der Waals surface area contributed by atoms with Crippen molar-refractivity contribution < 1.29 is 28.9 Å². The third kappa shape index (κ3) is 4.45. The smallest absolute Gasteiger partial charge is 0.296 e. The van der Waals surface area contributed by atoms with Crippen LogP contribution in [0.15, 0.2) is 60.3 Å². The Morgan fingerprint density at radius 3 is 2.39 bits per heavy atom. The minimum atomic E-state index is -0.952. The van der Waals surface area contributed by atoms with E-state index in [0.717, 1.165) is 0 Å². The third-order valence-corrected chi connectivity index (χ3v) is 6.43. The van der Waals surface area contributed by atoms with Gasteiger partial charge in [0, 0.05) is 6.20 Å². The second-order valence-electron chi connectivity index (χ2n) is 7.81. The number of aliphatic hydroxyl groups is 1. The molecule has 0 spiro atoms. The number of likely N-dealkylation sites (tertiary alicyclic amines) is 1. The van der Waals surface area contributed by atoms with E-state index >= 15 is 0 Å². The number of hydrogen-bond donors (Lipinski definition) is 1. The highest BCUT2D eigenvalue weighted by atomic mass is 35.5. The van der Waals surface area contributed by atoms with Crippen LogP contribution in [-0.4, -0.2) is 48.0 Å². The Bertz CT molecular complexity index is 1360. The van der Waals surface area contributed by atoms with Gasteiger partial charge < -0.3 is 24.2 Å². The van der Waals surface area contributed by atoms with Gasteiger partial charge in [0.25, 0.3) is 11.7 Å². The second kappa shape index (κ2) is 10.5. The first-order chi connectivity index (χ1) is 17.3. The molecule has 1 amide bonds. The molecule has 1 atom stereocenters. The molecule has 1 fully saturated rings. The van der Waals surface area contributed by atoms with Gasteiger partial charge in [0.05, 0.1) is 55.8 Å². The van der Waals surface area contributed by atoms with Crippen LogP contribution >= 0.6 is 23.2 Å². The zero-order chi connectivity index (χ0) is 26.0. The van der Waals surface area contributed by atoms with Crippen LogP contribution in [0.1, 0.15) is 22.9 Å². The number of benzene rings is 2. The van der Waals surface area contributed by atoms with E-state index in [0.29, 0.717) is 17.0 Å². The highest BCUT2D eigenvalue weighted by Crippen LogP contribution is 2.47. The molecule has 186 valence electrons. The van der Waals surface area contributed by atoms with Gasteiger partial charge in [-0.2, -0.15) is 0 Å². The van der Waals surface area contributed by atoms with Crippen LogP contribution < -0.4 is 14.2 Å². The fourth-order valence-corrected chi connectivity index (χ4v) is 4.85. The maximum atomic E-state index is 13.4. The highest BCUT2D eigenvalue weighted by molar-refractivity contribution is 6.47. The minimum absolute atomic E-state index is 0.00898. The Kier molecular flexibility index (Phi) is 7.37. The highest BCUT2D eigenvalue weighted by Gasteiger charge is 2.46. The standard InChI is InChI=1S/C26H22Cl2N2O6/c1-34-16-9-6-7-14(11-16)21-19(23(32)26(33)30(21)13-15-8-4-5-10-29-15)22(31)17-12-18(27)25(36-3)20(28)24(17)35-2/h4-12,21,31H,13H2,1-3H3/b22-19+. The number of carbonyl (C=O) groups is 2. The summed E-state index contributed by atoms with van der Waals surface area (Å²) >= 11 is 12.7. The van der Waals surface area contributed by atoms with Crippen molar-refractivity contribution in [3.05, 3.63) is 87.2 Å². The van der Waals surface area contributed by atoms with Gasteiger partial charge in [-0.1, -0.05) is 41.4 Å². The number of aromatic nitrogens is 1. The van der Waals surface area contributed by atoms with Crippen LogP contribution in [0.2, 0.25) is 10.0 Å². The maximum absolute atomic E-state index is 13.4. The van der Waals surface area contributed by atoms with Crippen molar-refractivity contribution in [2.24, 2.45) is 0 Å². The van der Waals surface area contributed by atoms with Crippen LogP contribution in [0, 0.1) is 0 Å². The van der Waals surface area contributed by atoms with Gasteiger partial charge in [-0.15, -0.1) is 0 Å². The van der Waals surface area contributed by atoms with Gasteiger partial charge in [0.15, 0.2) is 11.5 Å². The molecule has 0 saturated carbocycles. The average molecular weight is 529 g/mol. The molecule has 1 saturated heterocycles.